The molecule has 4 nitrogen and oxygen atoms in total. The summed E-state index contributed by atoms with van der Waals surface area (Å²) in [5.74, 6) is -0.115. The molecule has 2 heterocycles. The number of carbonyl (C=O) groups excluding carboxylic acids is 1. The van der Waals surface area contributed by atoms with E-state index in [9.17, 15) is 4.79 Å². The summed E-state index contributed by atoms with van der Waals surface area (Å²) in [7, 11) is 0. The van der Waals surface area contributed by atoms with Crippen molar-refractivity contribution in [3.63, 3.8) is 0 Å². The molecule has 1 aliphatic rings. The molecule has 24 heavy (non-hydrogen) atoms. The molecule has 0 bridgehead atoms. The Morgan fingerprint density at radius 3 is 2.54 bits per heavy atom. The van der Waals surface area contributed by atoms with Crippen LogP contribution in [0.25, 0.3) is 0 Å². The predicted molar refractivity (Wildman–Crippen MR) is 103 cm³/mol. The van der Waals surface area contributed by atoms with Gasteiger partial charge in [0.25, 0.3) is 5.91 Å². The molecule has 3 rings (SSSR count). The summed E-state index contributed by atoms with van der Waals surface area (Å²) in [5.41, 5.74) is 3.25. The van der Waals surface area contributed by atoms with Gasteiger partial charge < -0.3 is 15.1 Å². The van der Waals surface area contributed by atoms with E-state index < -0.39 is 0 Å². The van der Waals surface area contributed by atoms with Crippen molar-refractivity contribution in [1.29, 1.82) is 0 Å². The average molecular weight is 364 g/mol. The van der Waals surface area contributed by atoms with Crippen LogP contribution in [0, 0.1) is 6.92 Å². The van der Waals surface area contributed by atoms with Gasteiger partial charge in [-0.05, 0) is 49.4 Å². The van der Waals surface area contributed by atoms with E-state index in [2.05, 4.69) is 35.0 Å². The van der Waals surface area contributed by atoms with Crippen LogP contribution in [0.5, 0.6) is 0 Å². The van der Waals surface area contributed by atoms with Crippen LogP contribution >= 0.6 is 22.9 Å². The first kappa shape index (κ1) is 17.3. The maximum Gasteiger partial charge on any atom is 0.265 e. The number of nitrogens with zero attached hydrogens (tertiary/aromatic N) is 2. The molecule has 1 N–H and O–H groups in total. The van der Waals surface area contributed by atoms with E-state index >= 15 is 0 Å². The zero-order valence-corrected chi connectivity index (χ0v) is 15.6. The van der Waals surface area contributed by atoms with E-state index in [1.807, 2.05) is 12.1 Å². The van der Waals surface area contributed by atoms with Crippen molar-refractivity contribution in [2.45, 2.75) is 13.8 Å². The lowest BCUT2D eigenvalue weighted by Crippen LogP contribution is -2.46. The van der Waals surface area contributed by atoms with Crippen molar-refractivity contribution >= 4 is 40.2 Å². The third-order valence-corrected chi connectivity index (χ3v) is 5.64. The number of aryl methyl sites for hydroxylation is 1. The summed E-state index contributed by atoms with van der Waals surface area (Å²) in [6.45, 7) is 9.73. The van der Waals surface area contributed by atoms with Crippen LogP contribution in [0.3, 0.4) is 0 Å². The van der Waals surface area contributed by atoms with E-state index in [1.165, 1.54) is 22.6 Å². The van der Waals surface area contributed by atoms with Gasteiger partial charge in [-0.15, -0.1) is 11.3 Å². The van der Waals surface area contributed by atoms with Crippen molar-refractivity contribution in [1.82, 2.24) is 4.90 Å². The monoisotopic (exact) mass is 363 g/mol. The molecule has 0 radical (unpaired) electrons. The highest BCUT2D eigenvalue weighted by Gasteiger charge is 2.17. The second-order valence-corrected chi connectivity index (χ2v) is 7.70. The predicted octanol–water partition coefficient (Wildman–Crippen LogP) is 4.10. The molecule has 1 amide bonds. The highest BCUT2D eigenvalue weighted by molar-refractivity contribution is 7.18. The molecule has 6 heteroatoms. The molecule has 0 saturated carbocycles. The second kappa shape index (κ2) is 7.55. The van der Waals surface area contributed by atoms with Gasteiger partial charge >= 0.3 is 0 Å². The van der Waals surface area contributed by atoms with E-state index in [1.54, 1.807) is 12.1 Å². The highest BCUT2D eigenvalue weighted by atomic mass is 35.5. The summed E-state index contributed by atoms with van der Waals surface area (Å²) >= 11 is 7.18. The van der Waals surface area contributed by atoms with Crippen LogP contribution in [0.15, 0.2) is 30.3 Å². The highest BCUT2D eigenvalue weighted by Crippen LogP contribution is 2.26. The fraction of sp³-hybridized carbons (Fsp3) is 0.389. The molecule has 0 aliphatic carbocycles. The van der Waals surface area contributed by atoms with Crippen molar-refractivity contribution in [2.24, 2.45) is 0 Å². The number of likely N-dealkylation sites (N-methyl/N-ethyl adjacent to an activating group) is 1. The minimum absolute atomic E-state index is 0.115. The van der Waals surface area contributed by atoms with Crippen LogP contribution in [0.1, 0.15) is 22.2 Å². The van der Waals surface area contributed by atoms with Crippen LogP contribution < -0.4 is 10.2 Å². The van der Waals surface area contributed by atoms with Gasteiger partial charge in [0.2, 0.25) is 0 Å². The summed E-state index contributed by atoms with van der Waals surface area (Å²) in [6.07, 6.45) is 0. The van der Waals surface area contributed by atoms with Crippen molar-refractivity contribution in [3.05, 3.63) is 45.1 Å². The summed E-state index contributed by atoms with van der Waals surface area (Å²) in [6, 6.07) is 9.60. The fourth-order valence-electron chi connectivity index (χ4n) is 3.02. The molecule has 1 aromatic carbocycles. The molecule has 128 valence electrons. The van der Waals surface area contributed by atoms with Gasteiger partial charge in [0.15, 0.2) is 0 Å². The second-order valence-electron chi connectivity index (χ2n) is 5.98. The molecule has 2 aromatic rings. The van der Waals surface area contributed by atoms with Crippen LogP contribution in [0.2, 0.25) is 4.34 Å². The Morgan fingerprint density at radius 2 is 1.96 bits per heavy atom. The fourth-order valence-corrected chi connectivity index (χ4v) is 3.96. The molecule has 0 spiro atoms. The summed E-state index contributed by atoms with van der Waals surface area (Å²) in [4.78, 5) is 17.7. The number of amides is 1. The average Bonchev–Trinajstić information content (AvgIpc) is 3.02. The number of hydrogen-bond donors (Lipinski definition) is 1. The Hall–Kier alpha value is -1.56. The first-order valence-corrected chi connectivity index (χ1v) is 9.41. The minimum Gasteiger partial charge on any atom is -0.369 e. The normalized spacial score (nSPS) is 15.5. The summed E-state index contributed by atoms with van der Waals surface area (Å²) in [5, 5.41) is 2.94. The Balaban J connectivity index is 1.67. The van der Waals surface area contributed by atoms with Crippen molar-refractivity contribution in [2.75, 3.05) is 42.9 Å². The third kappa shape index (κ3) is 3.91. The van der Waals surface area contributed by atoms with Gasteiger partial charge in [-0.1, -0.05) is 18.5 Å². The minimum atomic E-state index is -0.115. The first-order chi connectivity index (χ1) is 11.6. The lowest BCUT2D eigenvalue weighted by molar-refractivity contribution is 0.103. The zero-order chi connectivity index (χ0) is 17.1. The number of thiophene rings is 1. The largest absolute Gasteiger partial charge is 0.369 e. The number of nitrogens with one attached hydrogen (secondary N) is 1. The lowest BCUT2D eigenvalue weighted by atomic mass is 10.1. The quantitative estimate of drug-likeness (QED) is 0.888. The van der Waals surface area contributed by atoms with Crippen molar-refractivity contribution in [3.8, 4) is 0 Å². The molecule has 0 unspecified atom stereocenters. The number of hydrogen-bond acceptors (Lipinski definition) is 4. The standard InChI is InChI=1S/C18H22ClN3OS/c1-3-21-8-10-22(11-9-21)15-5-4-14(12-13(15)2)20-18(23)16-6-7-17(19)24-16/h4-7,12H,3,8-11H2,1-2H3,(H,20,23). The van der Waals surface area contributed by atoms with E-state index in [0.717, 1.165) is 38.4 Å². The number of piperazine rings is 1. The van der Waals surface area contributed by atoms with Gasteiger partial charge in [0.05, 0.1) is 9.21 Å². The Morgan fingerprint density at radius 1 is 1.21 bits per heavy atom. The summed E-state index contributed by atoms with van der Waals surface area (Å²) < 4.78 is 0.623. The number of carbonyl (C=O) groups is 1. The Labute approximate surface area is 152 Å². The Kier molecular flexibility index (Phi) is 5.43. The van der Waals surface area contributed by atoms with Gasteiger partial charge in [-0.2, -0.15) is 0 Å². The molecular formula is C18H22ClN3OS. The third-order valence-electron chi connectivity index (χ3n) is 4.41. The molecule has 1 aromatic heterocycles. The van der Waals surface area contributed by atoms with Gasteiger partial charge in [0, 0.05) is 37.6 Å². The van der Waals surface area contributed by atoms with Gasteiger partial charge in [-0.3, -0.25) is 4.79 Å². The molecule has 1 saturated heterocycles. The number of benzene rings is 1. The molecule has 1 fully saturated rings. The molecule has 0 atom stereocenters. The lowest BCUT2D eigenvalue weighted by Gasteiger charge is -2.36. The molecular weight excluding hydrogens is 342 g/mol. The number of anilines is 2. The van der Waals surface area contributed by atoms with Crippen LogP contribution in [-0.2, 0) is 0 Å². The van der Waals surface area contributed by atoms with E-state index in [4.69, 9.17) is 11.6 Å². The maximum absolute atomic E-state index is 12.2. The van der Waals surface area contributed by atoms with E-state index in [-0.39, 0.29) is 5.91 Å². The number of rotatable bonds is 4. The van der Waals surface area contributed by atoms with Crippen molar-refractivity contribution < 1.29 is 4.79 Å². The Bertz CT molecular complexity index is 723. The van der Waals surface area contributed by atoms with E-state index in [0.29, 0.717) is 9.21 Å². The smallest absolute Gasteiger partial charge is 0.265 e. The van der Waals surface area contributed by atoms with Gasteiger partial charge in [-0.25, -0.2) is 0 Å². The van der Waals surface area contributed by atoms with Gasteiger partial charge in [0.1, 0.15) is 0 Å². The first-order valence-electron chi connectivity index (χ1n) is 8.21. The zero-order valence-electron chi connectivity index (χ0n) is 14.0. The maximum atomic E-state index is 12.2. The topological polar surface area (TPSA) is 35.6 Å². The number of halogens is 1. The molecule has 1 aliphatic heterocycles. The SMILES string of the molecule is CCN1CCN(c2ccc(NC(=O)c3ccc(Cl)s3)cc2C)CC1. The van der Waals surface area contributed by atoms with Crippen LogP contribution in [0.4, 0.5) is 11.4 Å². The van der Waals surface area contributed by atoms with Crippen LogP contribution in [-0.4, -0.2) is 43.5 Å².